The number of H-pyrrole nitrogens is 1. The van der Waals surface area contributed by atoms with Gasteiger partial charge in [0.1, 0.15) is 11.9 Å². The number of carboxylic acids is 1. The molecule has 0 radical (unpaired) electrons. The summed E-state index contributed by atoms with van der Waals surface area (Å²) < 4.78 is 0. The Hall–Kier alpha value is -2.05. The molecule has 3 N–H and O–H groups in total. The van der Waals surface area contributed by atoms with Crippen LogP contribution in [-0.4, -0.2) is 45.1 Å². The van der Waals surface area contributed by atoms with E-state index in [0.717, 1.165) is 0 Å². The van der Waals surface area contributed by atoms with E-state index < -0.39 is 18.0 Å². The zero-order chi connectivity index (χ0) is 13.5. The van der Waals surface area contributed by atoms with Crippen molar-refractivity contribution in [3.63, 3.8) is 0 Å². The molecule has 18 heavy (non-hydrogen) atoms. The van der Waals surface area contributed by atoms with Crippen LogP contribution in [-0.2, 0) is 11.3 Å². The second-order valence-corrected chi connectivity index (χ2v) is 4.02. The van der Waals surface area contributed by atoms with Gasteiger partial charge in [0.25, 0.3) is 0 Å². The first-order valence-corrected chi connectivity index (χ1v) is 5.77. The summed E-state index contributed by atoms with van der Waals surface area (Å²) in [4.78, 5) is 30.9. The molecule has 0 spiro atoms. The van der Waals surface area contributed by atoms with Crippen LogP contribution in [0.4, 0.5) is 4.79 Å². The molecule has 7 nitrogen and oxygen atoms in total. The number of hydrogen-bond donors (Lipinski definition) is 3. The highest BCUT2D eigenvalue weighted by atomic mass is 16.4. The molecule has 1 rings (SSSR count). The molecule has 0 aliphatic heterocycles. The molecule has 1 aromatic heterocycles. The molecule has 100 valence electrons. The van der Waals surface area contributed by atoms with Crippen LogP contribution < -0.4 is 5.32 Å². The Bertz CT molecular complexity index is 391. The third kappa shape index (κ3) is 4.08. The predicted molar refractivity (Wildman–Crippen MR) is 64.9 cm³/mol. The first-order valence-electron chi connectivity index (χ1n) is 5.77. The summed E-state index contributed by atoms with van der Waals surface area (Å²) in [6, 6.07) is -1.27. The van der Waals surface area contributed by atoms with Crippen molar-refractivity contribution < 1.29 is 14.7 Å². The van der Waals surface area contributed by atoms with E-state index in [2.05, 4.69) is 15.3 Å². The lowest BCUT2D eigenvalue weighted by Gasteiger charge is -2.20. The van der Waals surface area contributed by atoms with E-state index >= 15 is 0 Å². The van der Waals surface area contributed by atoms with Gasteiger partial charge in [-0.25, -0.2) is 14.6 Å². The van der Waals surface area contributed by atoms with E-state index in [4.69, 9.17) is 5.11 Å². The minimum absolute atomic E-state index is 0.303. The number of rotatable bonds is 6. The monoisotopic (exact) mass is 254 g/mol. The fourth-order valence-electron chi connectivity index (χ4n) is 1.49. The zero-order valence-corrected chi connectivity index (χ0v) is 10.5. The summed E-state index contributed by atoms with van der Waals surface area (Å²) in [5.41, 5.74) is 0. The van der Waals surface area contributed by atoms with Crippen LogP contribution in [0.5, 0.6) is 0 Å². The number of imidazole rings is 1. The van der Waals surface area contributed by atoms with Crippen LogP contribution in [0.25, 0.3) is 0 Å². The van der Waals surface area contributed by atoms with Crippen LogP contribution in [0.15, 0.2) is 12.4 Å². The second kappa shape index (κ2) is 6.63. The molecule has 0 bridgehead atoms. The standard InChI is InChI=1S/C11H18N4O3/c1-3-4-8(10(16)17)14-11(18)15(2)7-9-12-5-6-13-9/h5-6,8H,3-4,7H2,1-2H3,(H,12,13)(H,14,18)(H,16,17)/t8-/m0/s1. The van der Waals surface area contributed by atoms with Gasteiger partial charge >= 0.3 is 12.0 Å². The molecule has 0 aliphatic rings. The molecular formula is C11H18N4O3. The molecular weight excluding hydrogens is 236 g/mol. The predicted octanol–water partition coefficient (Wildman–Crippen LogP) is 0.804. The van der Waals surface area contributed by atoms with Crippen molar-refractivity contribution >= 4 is 12.0 Å². The molecule has 0 unspecified atom stereocenters. The minimum Gasteiger partial charge on any atom is -0.480 e. The fourth-order valence-corrected chi connectivity index (χ4v) is 1.49. The lowest BCUT2D eigenvalue weighted by molar-refractivity contribution is -0.139. The van der Waals surface area contributed by atoms with E-state index in [0.29, 0.717) is 25.2 Å². The number of amides is 2. The number of aromatic amines is 1. The summed E-state index contributed by atoms with van der Waals surface area (Å²) in [5.74, 6) is -0.369. The highest BCUT2D eigenvalue weighted by Crippen LogP contribution is 2.00. The van der Waals surface area contributed by atoms with E-state index in [1.54, 1.807) is 19.4 Å². The van der Waals surface area contributed by atoms with Gasteiger partial charge in [0.05, 0.1) is 6.54 Å². The van der Waals surface area contributed by atoms with Crippen LogP contribution >= 0.6 is 0 Å². The van der Waals surface area contributed by atoms with E-state index in [9.17, 15) is 9.59 Å². The summed E-state index contributed by atoms with van der Waals surface area (Å²) in [5, 5.41) is 11.4. The van der Waals surface area contributed by atoms with E-state index in [-0.39, 0.29) is 0 Å². The third-order valence-electron chi connectivity index (χ3n) is 2.46. The molecule has 1 heterocycles. The van der Waals surface area contributed by atoms with Crippen LogP contribution in [0.1, 0.15) is 25.6 Å². The molecule has 2 amide bonds. The number of nitrogens with one attached hydrogen (secondary N) is 2. The van der Waals surface area contributed by atoms with Crippen molar-refractivity contribution in [2.75, 3.05) is 7.05 Å². The van der Waals surface area contributed by atoms with Crippen molar-refractivity contribution in [1.29, 1.82) is 0 Å². The molecule has 0 fully saturated rings. The maximum absolute atomic E-state index is 11.8. The maximum atomic E-state index is 11.8. The van der Waals surface area contributed by atoms with Gasteiger partial charge < -0.3 is 20.3 Å². The first kappa shape index (κ1) is 14.0. The molecule has 1 aromatic rings. The Morgan fingerprint density at radius 3 is 2.83 bits per heavy atom. The Balaban J connectivity index is 2.50. The molecule has 7 heteroatoms. The number of hydrogen-bond acceptors (Lipinski definition) is 3. The largest absolute Gasteiger partial charge is 0.480 e. The van der Waals surface area contributed by atoms with Gasteiger partial charge in [-0.15, -0.1) is 0 Å². The average molecular weight is 254 g/mol. The number of nitrogens with zero attached hydrogens (tertiary/aromatic N) is 2. The molecule has 0 saturated heterocycles. The zero-order valence-electron chi connectivity index (χ0n) is 10.5. The van der Waals surface area contributed by atoms with Gasteiger partial charge in [-0.3, -0.25) is 0 Å². The minimum atomic E-state index is -1.02. The van der Waals surface area contributed by atoms with Gasteiger partial charge in [-0.05, 0) is 6.42 Å². The van der Waals surface area contributed by atoms with Crippen molar-refractivity contribution in [1.82, 2.24) is 20.2 Å². The number of carbonyl (C=O) groups excluding carboxylic acids is 1. The number of urea groups is 1. The van der Waals surface area contributed by atoms with Crippen molar-refractivity contribution in [2.24, 2.45) is 0 Å². The maximum Gasteiger partial charge on any atom is 0.326 e. The summed E-state index contributed by atoms with van der Waals surface area (Å²) in [7, 11) is 1.59. The first-order chi connectivity index (χ1) is 8.54. The Labute approximate surface area is 105 Å². The third-order valence-corrected chi connectivity index (χ3v) is 2.46. The van der Waals surface area contributed by atoms with Crippen LogP contribution in [0.2, 0.25) is 0 Å². The molecule has 1 atom stereocenters. The number of aliphatic carboxylic acids is 1. The molecule has 0 aliphatic carbocycles. The summed E-state index contributed by atoms with van der Waals surface area (Å²) in [6.07, 6.45) is 4.37. The van der Waals surface area contributed by atoms with E-state index in [1.165, 1.54) is 4.90 Å². The number of carbonyl (C=O) groups is 2. The van der Waals surface area contributed by atoms with Crippen LogP contribution in [0, 0.1) is 0 Å². The summed E-state index contributed by atoms with van der Waals surface area (Å²) in [6.45, 7) is 2.17. The second-order valence-electron chi connectivity index (χ2n) is 4.02. The van der Waals surface area contributed by atoms with Gasteiger partial charge in [0.2, 0.25) is 0 Å². The SMILES string of the molecule is CCC[C@H](NC(=O)N(C)Cc1ncc[nH]1)C(=O)O. The highest BCUT2D eigenvalue weighted by Gasteiger charge is 2.20. The van der Waals surface area contributed by atoms with Crippen molar-refractivity contribution in [3.05, 3.63) is 18.2 Å². The molecule has 0 aromatic carbocycles. The van der Waals surface area contributed by atoms with Crippen molar-refractivity contribution in [2.45, 2.75) is 32.4 Å². The average Bonchev–Trinajstić information content (AvgIpc) is 2.80. The highest BCUT2D eigenvalue weighted by molar-refractivity contribution is 5.82. The Morgan fingerprint density at radius 1 is 1.61 bits per heavy atom. The smallest absolute Gasteiger partial charge is 0.326 e. The fraction of sp³-hybridized carbons (Fsp3) is 0.545. The van der Waals surface area contributed by atoms with Crippen LogP contribution in [0.3, 0.4) is 0 Å². The topological polar surface area (TPSA) is 98.3 Å². The summed E-state index contributed by atoms with van der Waals surface area (Å²) >= 11 is 0. The molecule has 0 saturated carbocycles. The van der Waals surface area contributed by atoms with Gasteiger partial charge in [0.15, 0.2) is 0 Å². The van der Waals surface area contributed by atoms with E-state index in [1.807, 2.05) is 6.92 Å². The van der Waals surface area contributed by atoms with Crippen molar-refractivity contribution in [3.8, 4) is 0 Å². The Kier molecular flexibility index (Phi) is 5.16. The lowest BCUT2D eigenvalue weighted by atomic mass is 10.2. The van der Waals surface area contributed by atoms with Gasteiger partial charge in [-0.2, -0.15) is 0 Å². The number of aromatic nitrogens is 2. The van der Waals surface area contributed by atoms with Gasteiger partial charge in [-0.1, -0.05) is 13.3 Å². The quantitative estimate of drug-likeness (QED) is 0.699. The normalized spacial score (nSPS) is 11.9. The number of carboxylic acid groups (broad SMARTS) is 1. The Morgan fingerprint density at radius 2 is 2.33 bits per heavy atom. The lowest BCUT2D eigenvalue weighted by Crippen LogP contribution is -2.46. The van der Waals surface area contributed by atoms with Gasteiger partial charge in [0, 0.05) is 19.4 Å².